The number of sulfonamides is 1. The number of benzene rings is 1. The molecule has 8 rings (SSSR count). The number of carbonyl (C=O) groups is 4. The number of carbonyl (C=O) groups excluding carboxylic acids is 4. The number of allylic oxidation sites excluding steroid dienone is 2. The maximum atomic E-state index is 14.9. The number of ether oxygens (including phenoxy) is 2. The molecule has 5 fully saturated rings. The number of nitrogens with zero attached hydrogens (tertiary/aromatic N) is 3. The lowest BCUT2D eigenvalue weighted by atomic mass is 9.96. The molecule has 0 spiro atoms. The summed E-state index contributed by atoms with van der Waals surface area (Å²) in [5, 5.41) is 5.63. The van der Waals surface area contributed by atoms with Crippen molar-refractivity contribution in [2.45, 2.75) is 145 Å². The number of nitrogens with one attached hydrogen (secondary N) is 3. The summed E-state index contributed by atoms with van der Waals surface area (Å²) < 4.78 is 41.9. The molecule has 4 aliphatic carbocycles. The van der Waals surface area contributed by atoms with Crippen LogP contribution >= 0.6 is 0 Å². The molecule has 1 aromatic carbocycles. The molecule has 4 amide bonds. The minimum atomic E-state index is -3.88. The molecule has 4 saturated carbocycles. The fourth-order valence-electron chi connectivity index (χ4n) is 9.63. The van der Waals surface area contributed by atoms with Gasteiger partial charge in [0.05, 0.1) is 22.7 Å². The summed E-state index contributed by atoms with van der Waals surface area (Å²) in [6.07, 6.45) is 11.2. The molecule has 3 heterocycles. The van der Waals surface area contributed by atoms with E-state index in [1.807, 2.05) is 38.1 Å². The summed E-state index contributed by atoms with van der Waals surface area (Å²) in [5.41, 5.74) is -0.363. The summed E-state index contributed by atoms with van der Waals surface area (Å²) in [4.78, 5) is 76.8. The van der Waals surface area contributed by atoms with Crippen molar-refractivity contribution in [2.24, 2.45) is 17.8 Å². The number of aromatic nitrogens is 2. The van der Waals surface area contributed by atoms with Crippen LogP contribution in [0.3, 0.4) is 0 Å². The van der Waals surface area contributed by atoms with Gasteiger partial charge in [-0.3, -0.25) is 28.5 Å². The first-order valence-electron chi connectivity index (χ1n) is 20.9. The zero-order chi connectivity index (χ0) is 40.1. The number of rotatable bonds is 7. The molecule has 308 valence electrons. The number of aryl methyl sites for hydroxylation is 1. The Kier molecular flexibility index (Phi) is 10.8. The van der Waals surface area contributed by atoms with E-state index in [1.165, 1.54) is 9.47 Å². The van der Waals surface area contributed by atoms with Gasteiger partial charge in [0.15, 0.2) is 0 Å². The lowest BCUT2D eigenvalue weighted by Gasteiger charge is -2.32. The maximum Gasteiger partial charge on any atom is 0.408 e. The highest BCUT2D eigenvalue weighted by molar-refractivity contribution is 7.91. The zero-order valence-electron chi connectivity index (χ0n) is 32.7. The molecule has 1 saturated heterocycles. The van der Waals surface area contributed by atoms with Crippen molar-refractivity contribution in [3.8, 4) is 6.01 Å². The monoisotopic (exact) mass is 806 g/mol. The molecule has 0 radical (unpaired) electrons. The molecule has 3 N–H and O–H groups in total. The largest absolute Gasteiger partial charge is 0.459 e. The van der Waals surface area contributed by atoms with E-state index in [0.29, 0.717) is 43.0 Å². The van der Waals surface area contributed by atoms with Crippen LogP contribution in [0.4, 0.5) is 4.79 Å². The fraction of sp³-hybridized carbons (Fsp3) is 0.659. The van der Waals surface area contributed by atoms with Gasteiger partial charge < -0.3 is 25.0 Å². The smallest absolute Gasteiger partial charge is 0.408 e. The van der Waals surface area contributed by atoms with Gasteiger partial charge in [-0.15, -0.1) is 0 Å². The van der Waals surface area contributed by atoms with Crippen molar-refractivity contribution in [2.75, 3.05) is 6.54 Å². The number of amides is 4. The van der Waals surface area contributed by atoms with Crippen LogP contribution < -0.4 is 25.7 Å². The second-order valence-corrected chi connectivity index (χ2v) is 19.1. The molecule has 1 aromatic heterocycles. The van der Waals surface area contributed by atoms with E-state index >= 15 is 0 Å². The minimum absolute atomic E-state index is 0.00438. The average molecular weight is 807 g/mol. The Balaban J connectivity index is 1.15. The van der Waals surface area contributed by atoms with Gasteiger partial charge in [-0.25, -0.2) is 13.2 Å². The predicted molar refractivity (Wildman–Crippen MR) is 209 cm³/mol. The fourth-order valence-corrected chi connectivity index (χ4v) is 11.0. The van der Waals surface area contributed by atoms with Crippen LogP contribution in [-0.4, -0.2) is 88.3 Å². The average Bonchev–Trinajstić information content (AvgIpc) is 3.96. The Morgan fingerprint density at radius 3 is 2.49 bits per heavy atom. The van der Waals surface area contributed by atoms with Gasteiger partial charge in [-0.05, 0) is 107 Å². The van der Waals surface area contributed by atoms with E-state index in [9.17, 15) is 32.4 Å². The van der Waals surface area contributed by atoms with Crippen molar-refractivity contribution in [1.29, 1.82) is 0 Å². The quantitative estimate of drug-likeness (QED) is 0.347. The molecule has 16 heteroatoms. The van der Waals surface area contributed by atoms with E-state index in [0.717, 1.165) is 50.5 Å². The molecule has 2 aliphatic heterocycles. The highest BCUT2D eigenvalue weighted by Crippen LogP contribution is 2.47. The molecule has 2 bridgehead atoms. The van der Waals surface area contributed by atoms with Crippen molar-refractivity contribution in [3.63, 3.8) is 0 Å². The molecule has 6 aliphatic rings. The Morgan fingerprint density at radius 1 is 0.982 bits per heavy atom. The topological polar surface area (TPSA) is 195 Å². The third kappa shape index (κ3) is 8.02. The lowest BCUT2D eigenvalue weighted by molar-refractivity contribution is -0.142. The standard InChI is InChI=1S/C41H54N6O9S/c1-3-27-22-41(27,38(51)45-57(53,54)29-16-17-29)44-35(48)32-21-28-23-47(32)37(50)34(26-11-6-7-12-26)43-40(52)56-33-14-9-13-25(33)10-5-4-8-19-46-36(49)30-18-15-24(2)20-31(30)42-39(46)55-28/h4,8,15,18,20,25-29,32-34H,3,5-7,9-14,16-17,19,21-23H2,1-2H3,(H,43,52)(H,44,48)(H,45,51)/b8-4-/t25-,27-,28-,32+,33-,34+,41-/m1/s1. The summed E-state index contributed by atoms with van der Waals surface area (Å²) in [6.45, 7) is 3.90. The summed E-state index contributed by atoms with van der Waals surface area (Å²) >= 11 is 0. The Hall–Kier alpha value is -4.47. The van der Waals surface area contributed by atoms with Crippen LogP contribution in [0.5, 0.6) is 6.01 Å². The molecular formula is C41H54N6O9S. The third-order valence-corrected chi connectivity index (χ3v) is 15.0. The Labute approximate surface area is 332 Å². The van der Waals surface area contributed by atoms with Gasteiger partial charge in [-0.2, -0.15) is 4.98 Å². The zero-order valence-corrected chi connectivity index (χ0v) is 33.6. The molecule has 7 atom stereocenters. The van der Waals surface area contributed by atoms with Crippen molar-refractivity contribution in [3.05, 3.63) is 46.3 Å². The van der Waals surface area contributed by atoms with Crippen LogP contribution in [0.15, 0.2) is 35.1 Å². The van der Waals surface area contributed by atoms with Crippen molar-refractivity contribution < 1.29 is 37.1 Å². The highest BCUT2D eigenvalue weighted by Gasteiger charge is 2.62. The number of hydrogen-bond donors (Lipinski definition) is 3. The second-order valence-electron chi connectivity index (χ2n) is 17.1. The van der Waals surface area contributed by atoms with Crippen molar-refractivity contribution in [1.82, 2.24) is 29.8 Å². The Bertz CT molecular complexity index is 2130. The normalized spacial score (nSPS) is 31.6. The van der Waals surface area contributed by atoms with E-state index in [1.54, 1.807) is 6.07 Å². The van der Waals surface area contributed by atoms with Gasteiger partial charge in [0.2, 0.25) is 21.8 Å². The minimum Gasteiger partial charge on any atom is -0.459 e. The first-order chi connectivity index (χ1) is 27.4. The molecule has 0 unspecified atom stereocenters. The molecular weight excluding hydrogens is 753 g/mol. The number of hydrogen-bond acceptors (Lipinski definition) is 10. The van der Waals surface area contributed by atoms with Gasteiger partial charge in [0.1, 0.15) is 29.8 Å². The van der Waals surface area contributed by atoms with E-state index in [2.05, 4.69) is 15.4 Å². The first kappa shape index (κ1) is 39.4. The lowest BCUT2D eigenvalue weighted by Crippen LogP contribution is -2.59. The van der Waals surface area contributed by atoms with Crippen LogP contribution in [0.25, 0.3) is 10.9 Å². The van der Waals surface area contributed by atoms with Gasteiger partial charge in [-0.1, -0.05) is 44.4 Å². The van der Waals surface area contributed by atoms with Crippen LogP contribution in [0.2, 0.25) is 0 Å². The van der Waals surface area contributed by atoms with Gasteiger partial charge in [0, 0.05) is 13.0 Å². The van der Waals surface area contributed by atoms with Gasteiger partial charge in [0.25, 0.3) is 17.5 Å². The van der Waals surface area contributed by atoms with Crippen molar-refractivity contribution >= 4 is 44.7 Å². The summed E-state index contributed by atoms with van der Waals surface area (Å²) in [6, 6.07) is 3.36. The van der Waals surface area contributed by atoms with E-state index < -0.39 is 62.8 Å². The second kappa shape index (κ2) is 15.7. The molecule has 2 aromatic rings. The summed E-state index contributed by atoms with van der Waals surface area (Å²) in [5.74, 6) is -2.20. The van der Waals surface area contributed by atoms with Crippen LogP contribution in [-0.2, 0) is 35.7 Å². The third-order valence-electron chi connectivity index (χ3n) is 13.2. The van der Waals surface area contributed by atoms with Gasteiger partial charge >= 0.3 is 6.09 Å². The molecule has 57 heavy (non-hydrogen) atoms. The predicted octanol–water partition coefficient (Wildman–Crippen LogP) is 3.75. The van der Waals surface area contributed by atoms with E-state index in [4.69, 9.17) is 14.5 Å². The molecule has 15 nitrogen and oxygen atoms in total. The first-order valence-corrected chi connectivity index (χ1v) is 22.4. The highest BCUT2D eigenvalue weighted by atomic mass is 32.2. The van der Waals surface area contributed by atoms with E-state index in [-0.39, 0.29) is 61.4 Å². The van der Waals surface area contributed by atoms with Crippen LogP contribution in [0.1, 0.15) is 102 Å². The van der Waals surface area contributed by atoms with Crippen LogP contribution in [0, 0.1) is 24.7 Å². The SMILES string of the molecule is CC[C@@H]1C[C@]1(NC(=O)[C@@H]1C[C@@H]2CN1C(=O)[C@H](C1CCCC1)NC(=O)O[C@@H]1CCC[C@H]1CC/C=C\Cn1c(nc3cc(C)ccc3c1=O)O2)C(=O)NS(=O)(=O)C1CC1. The number of alkyl carbamates (subject to hydrolysis) is 1. The maximum absolute atomic E-state index is 14.9. The number of fused-ring (bicyclic) bond motifs is 5. The summed E-state index contributed by atoms with van der Waals surface area (Å²) in [7, 11) is -3.88. The Morgan fingerprint density at radius 2 is 1.75 bits per heavy atom.